The summed E-state index contributed by atoms with van der Waals surface area (Å²) < 4.78 is 0.995. The number of amides is 1. The van der Waals surface area contributed by atoms with Gasteiger partial charge in [0.05, 0.1) is 20.8 Å². The zero-order chi connectivity index (χ0) is 16.6. The minimum atomic E-state index is -0.492. The van der Waals surface area contributed by atoms with Crippen LogP contribution in [0.5, 0.6) is 0 Å². The first kappa shape index (κ1) is 15.6. The van der Waals surface area contributed by atoms with Crippen molar-refractivity contribution in [1.82, 2.24) is 15.1 Å². The molecular weight excluding hydrogens is 384 g/mol. The van der Waals surface area contributed by atoms with Crippen molar-refractivity contribution >= 4 is 49.8 Å². The zero-order valence-electron chi connectivity index (χ0n) is 11.9. The lowest BCUT2D eigenvalue weighted by Crippen LogP contribution is -2.26. The van der Waals surface area contributed by atoms with E-state index in [4.69, 9.17) is 0 Å². The lowest BCUT2D eigenvalue weighted by atomic mass is 10.1. The number of benzene rings is 1. The predicted molar refractivity (Wildman–Crippen MR) is 90.6 cm³/mol. The summed E-state index contributed by atoms with van der Waals surface area (Å²) in [4.78, 5) is 25.5. The van der Waals surface area contributed by atoms with Gasteiger partial charge in [-0.15, -0.1) is 11.3 Å². The average Bonchev–Trinajstić information content (AvgIpc) is 3.11. The van der Waals surface area contributed by atoms with E-state index < -0.39 is 4.92 Å². The van der Waals surface area contributed by atoms with Crippen molar-refractivity contribution in [3.8, 4) is 0 Å². The molecule has 1 N–H and O–H groups in total. The normalized spacial score (nSPS) is 10.9. The number of nitrogens with one attached hydrogen (secondary N) is 1. The molecule has 23 heavy (non-hydrogen) atoms. The molecule has 0 saturated heterocycles. The number of hydrogen-bond donors (Lipinski definition) is 1. The maximum Gasteiger partial charge on any atom is 0.275 e. The fraction of sp³-hybridized carbons (Fsp3) is 0.143. The Labute approximate surface area is 143 Å². The second kappa shape index (κ2) is 6.09. The van der Waals surface area contributed by atoms with E-state index in [1.165, 1.54) is 17.0 Å². The zero-order valence-corrected chi connectivity index (χ0v) is 14.3. The number of hydrogen-bond acceptors (Lipinski definition) is 5. The molecule has 0 aliphatic carbocycles. The van der Waals surface area contributed by atoms with Crippen molar-refractivity contribution in [2.24, 2.45) is 0 Å². The van der Waals surface area contributed by atoms with Gasteiger partial charge in [-0.05, 0) is 34.1 Å². The molecule has 118 valence electrons. The lowest BCUT2D eigenvalue weighted by molar-refractivity contribution is -0.384. The molecule has 3 rings (SSSR count). The highest BCUT2D eigenvalue weighted by molar-refractivity contribution is 9.11. The fourth-order valence-corrected chi connectivity index (χ4v) is 3.74. The molecule has 0 radical (unpaired) electrons. The van der Waals surface area contributed by atoms with E-state index in [9.17, 15) is 14.9 Å². The first-order valence-electron chi connectivity index (χ1n) is 6.58. The largest absolute Gasteiger partial charge is 0.335 e. The number of nitro groups is 1. The fourth-order valence-electron chi connectivity index (χ4n) is 2.20. The van der Waals surface area contributed by atoms with Crippen molar-refractivity contribution in [1.29, 1.82) is 0 Å². The number of aromatic amines is 1. The number of H-pyrrole nitrogens is 1. The first-order valence-corrected chi connectivity index (χ1v) is 8.19. The molecule has 0 saturated carbocycles. The minimum absolute atomic E-state index is 0.0715. The van der Waals surface area contributed by atoms with Crippen molar-refractivity contribution in [2.75, 3.05) is 7.05 Å². The minimum Gasteiger partial charge on any atom is -0.335 e. The summed E-state index contributed by atoms with van der Waals surface area (Å²) in [6.07, 6.45) is 0. The van der Waals surface area contributed by atoms with Gasteiger partial charge in [0.25, 0.3) is 11.6 Å². The summed E-state index contributed by atoms with van der Waals surface area (Å²) in [5.41, 5.74) is 0.700. The van der Waals surface area contributed by atoms with Gasteiger partial charge >= 0.3 is 0 Å². The van der Waals surface area contributed by atoms with Crippen LogP contribution in [-0.4, -0.2) is 33.0 Å². The Balaban J connectivity index is 1.90. The van der Waals surface area contributed by atoms with Crippen molar-refractivity contribution in [2.45, 2.75) is 6.54 Å². The van der Waals surface area contributed by atoms with E-state index in [0.29, 0.717) is 17.4 Å². The quantitative estimate of drug-likeness (QED) is 0.540. The number of nitrogens with zero attached hydrogens (tertiary/aromatic N) is 3. The Morgan fingerprint density at radius 3 is 2.87 bits per heavy atom. The molecule has 0 unspecified atom stereocenters. The number of carbonyl (C=O) groups is 1. The number of halogens is 1. The smallest absolute Gasteiger partial charge is 0.275 e. The monoisotopic (exact) mass is 394 g/mol. The highest BCUT2D eigenvalue weighted by Crippen LogP contribution is 2.25. The van der Waals surface area contributed by atoms with Gasteiger partial charge in [0.1, 0.15) is 0 Å². The number of rotatable bonds is 4. The summed E-state index contributed by atoms with van der Waals surface area (Å²) >= 11 is 4.93. The molecule has 0 spiro atoms. The van der Waals surface area contributed by atoms with Crippen LogP contribution in [0.3, 0.4) is 0 Å². The van der Waals surface area contributed by atoms with Gasteiger partial charge in [0, 0.05) is 29.4 Å². The Hall–Kier alpha value is -2.26. The first-order chi connectivity index (χ1) is 11.0. The van der Waals surface area contributed by atoms with Crippen molar-refractivity contribution < 1.29 is 9.72 Å². The second-order valence-corrected chi connectivity index (χ2v) is 7.47. The molecule has 0 aliphatic heterocycles. The Morgan fingerprint density at radius 2 is 2.22 bits per heavy atom. The van der Waals surface area contributed by atoms with Gasteiger partial charge in [-0.25, -0.2) is 0 Å². The highest BCUT2D eigenvalue weighted by Gasteiger charge is 2.20. The van der Waals surface area contributed by atoms with Gasteiger partial charge in [0.15, 0.2) is 5.69 Å². The molecule has 9 heteroatoms. The third kappa shape index (κ3) is 3.10. The lowest BCUT2D eigenvalue weighted by Gasteiger charge is -2.14. The third-order valence-corrected chi connectivity index (χ3v) is 4.94. The predicted octanol–water partition coefficient (Wildman–Crippen LogP) is 3.57. The van der Waals surface area contributed by atoms with Gasteiger partial charge < -0.3 is 4.90 Å². The third-order valence-electron chi connectivity index (χ3n) is 3.33. The summed E-state index contributed by atoms with van der Waals surface area (Å²) in [5.74, 6) is -0.290. The Kier molecular flexibility index (Phi) is 4.14. The molecule has 1 amide bonds. The van der Waals surface area contributed by atoms with E-state index in [1.807, 2.05) is 12.1 Å². The van der Waals surface area contributed by atoms with Crippen LogP contribution in [0.25, 0.3) is 10.9 Å². The SMILES string of the molecule is CN(Cc1ccc(Br)s1)C(=O)c1n[nH]c2ccc([N+](=O)[O-])cc12. The van der Waals surface area contributed by atoms with E-state index in [1.54, 1.807) is 24.5 Å². The van der Waals surface area contributed by atoms with Gasteiger partial charge in [0.2, 0.25) is 0 Å². The van der Waals surface area contributed by atoms with E-state index in [0.717, 1.165) is 8.66 Å². The number of thiophene rings is 1. The highest BCUT2D eigenvalue weighted by atomic mass is 79.9. The molecule has 0 fully saturated rings. The molecule has 0 atom stereocenters. The molecule has 7 nitrogen and oxygen atoms in total. The van der Waals surface area contributed by atoms with Crippen LogP contribution < -0.4 is 0 Å². The van der Waals surface area contributed by atoms with Crippen LogP contribution in [0.4, 0.5) is 5.69 Å². The Bertz CT molecular complexity index is 904. The summed E-state index contributed by atoms with van der Waals surface area (Å²) in [6.45, 7) is 0.443. The van der Waals surface area contributed by atoms with Crippen molar-refractivity contribution in [3.05, 3.63) is 54.8 Å². The number of fused-ring (bicyclic) bond motifs is 1. The molecular formula is C14H11BrN4O3S. The second-order valence-electron chi connectivity index (χ2n) is 4.93. The van der Waals surface area contributed by atoms with Crippen LogP contribution in [-0.2, 0) is 6.54 Å². The van der Waals surface area contributed by atoms with Crippen LogP contribution in [0.15, 0.2) is 34.1 Å². The van der Waals surface area contributed by atoms with Gasteiger partial charge in [-0.1, -0.05) is 0 Å². The maximum atomic E-state index is 12.6. The van der Waals surface area contributed by atoms with Crippen LogP contribution in [0.2, 0.25) is 0 Å². The molecule has 0 aliphatic rings. The molecule has 1 aromatic carbocycles. The van der Waals surface area contributed by atoms with Crippen LogP contribution in [0.1, 0.15) is 15.4 Å². The summed E-state index contributed by atoms with van der Waals surface area (Å²) in [5, 5.41) is 18.1. The number of nitro benzene ring substituents is 1. The maximum absolute atomic E-state index is 12.6. The Morgan fingerprint density at radius 1 is 1.43 bits per heavy atom. The molecule has 2 aromatic heterocycles. The number of non-ortho nitro benzene ring substituents is 1. The van der Waals surface area contributed by atoms with Crippen LogP contribution in [0, 0.1) is 10.1 Å². The summed E-state index contributed by atoms with van der Waals surface area (Å²) in [6, 6.07) is 8.15. The average molecular weight is 395 g/mol. The van der Waals surface area contributed by atoms with Crippen molar-refractivity contribution in [3.63, 3.8) is 0 Å². The summed E-state index contributed by atoms with van der Waals surface area (Å²) in [7, 11) is 1.67. The molecule has 2 heterocycles. The van der Waals surface area contributed by atoms with Crippen LogP contribution >= 0.6 is 27.3 Å². The number of aromatic nitrogens is 2. The molecule has 3 aromatic rings. The van der Waals surface area contributed by atoms with Gasteiger partial charge in [-0.2, -0.15) is 5.10 Å². The van der Waals surface area contributed by atoms with Gasteiger partial charge in [-0.3, -0.25) is 20.0 Å². The van der Waals surface area contributed by atoms with E-state index in [-0.39, 0.29) is 17.3 Å². The van der Waals surface area contributed by atoms with E-state index >= 15 is 0 Å². The standard InChI is InChI=1S/C14H11BrN4O3S/c1-18(7-9-3-5-12(15)23-9)14(20)13-10-6-8(19(21)22)2-4-11(10)16-17-13/h2-6H,7H2,1H3,(H,16,17). The topological polar surface area (TPSA) is 92.1 Å². The van der Waals surface area contributed by atoms with E-state index in [2.05, 4.69) is 26.1 Å². The number of carbonyl (C=O) groups excluding carboxylic acids is 1. The molecule has 0 bridgehead atoms.